The van der Waals surface area contributed by atoms with Crippen LogP contribution < -0.4 is 5.32 Å². The molecule has 0 aliphatic rings. The summed E-state index contributed by atoms with van der Waals surface area (Å²) in [6.07, 6.45) is 4.40. The third-order valence-electron chi connectivity index (χ3n) is 2.14. The summed E-state index contributed by atoms with van der Waals surface area (Å²) in [6.45, 7) is 7.28. The number of aliphatic hydroxyl groups is 1. The third-order valence-corrected chi connectivity index (χ3v) is 2.14. The van der Waals surface area contributed by atoms with Gasteiger partial charge in [0.25, 0.3) is 0 Å². The summed E-state index contributed by atoms with van der Waals surface area (Å²) in [6, 6.07) is 0. The lowest BCUT2D eigenvalue weighted by Gasteiger charge is -2.17. The van der Waals surface area contributed by atoms with Crippen molar-refractivity contribution in [1.82, 2.24) is 9.97 Å². The molecule has 0 spiro atoms. The van der Waals surface area contributed by atoms with Gasteiger partial charge in [-0.1, -0.05) is 20.8 Å². The topological polar surface area (TPSA) is 58.0 Å². The first-order valence-electron chi connectivity index (χ1n) is 5.21. The van der Waals surface area contributed by atoms with E-state index in [1.54, 1.807) is 0 Å². The van der Waals surface area contributed by atoms with Crippen LogP contribution in [0.15, 0.2) is 12.4 Å². The normalized spacial score (nSPS) is 11.5. The molecule has 0 aromatic carbocycles. The molecule has 4 nitrogen and oxygen atoms in total. The van der Waals surface area contributed by atoms with Crippen molar-refractivity contribution in [2.75, 3.05) is 18.5 Å². The fourth-order valence-electron chi connectivity index (χ4n) is 1.09. The van der Waals surface area contributed by atoms with E-state index in [-0.39, 0.29) is 12.0 Å². The molecule has 0 unspecified atom stereocenters. The molecular weight excluding hydrogens is 190 g/mol. The standard InChI is InChI=1S/C11H19N3O/c1-11(2,3)9-7-13-10(14-8-9)12-5-4-6-15/h7-8,15H,4-6H2,1-3H3,(H,12,13,14). The fraction of sp³-hybridized carbons (Fsp3) is 0.636. The molecule has 1 rings (SSSR count). The monoisotopic (exact) mass is 209 g/mol. The number of aliphatic hydroxyl groups excluding tert-OH is 1. The molecule has 0 amide bonds. The Balaban J connectivity index is 2.57. The highest BCUT2D eigenvalue weighted by atomic mass is 16.3. The van der Waals surface area contributed by atoms with Crippen LogP contribution >= 0.6 is 0 Å². The van der Waals surface area contributed by atoms with Gasteiger partial charge in [-0.15, -0.1) is 0 Å². The van der Waals surface area contributed by atoms with Gasteiger partial charge in [-0.25, -0.2) is 9.97 Å². The lowest BCUT2D eigenvalue weighted by molar-refractivity contribution is 0.292. The Morgan fingerprint density at radius 1 is 1.27 bits per heavy atom. The van der Waals surface area contributed by atoms with Crippen LogP contribution in [-0.4, -0.2) is 28.2 Å². The Morgan fingerprint density at radius 2 is 1.87 bits per heavy atom. The number of nitrogens with zero attached hydrogens (tertiary/aromatic N) is 2. The maximum absolute atomic E-state index is 8.61. The molecule has 0 saturated carbocycles. The Kier molecular flexibility index (Phi) is 4.03. The van der Waals surface area contributed by atoms with Crippen LogP contribution in [0, 0.1) is 0 Å². The van der Waals surface area contributed by atoms with Crippen molar-refractivity contribution >= 4 is 5.95 Å². The first-order valence-corrected chi connectivity index (χ1v) is 5.21. The molecular formula is C11H19N3O. The summed E-state index contributed by atoms with van der Waals surface area (Å²) in [4.78, 5) is 8.43. The Morgan fingerprint density at radius 3 is 2.33 bits per heavy atom. The second-order valence-electron chi connectivity index (χ2n) is 4.55. The van der Waals surface area contributed by atoms with E-state index in [1.807, 2.05) is 12.4 Å². The Labute approximate surface area is 90.8 Å². The number of aromatic nitrogens is 2. The molecule has 1 heterocycles. The smallest absolute Gasteiger partial charge is 0.222 e. The van der Waals surface area contributed by atoms with E-state index in [9.17, 15) is 0 Å². The van der Waals surface area contributed by atoms with Crippen molar-refractivity contribution in [2.45, 2.75) is 32.6 Å². The van der Waals surface area contributed by atoms with Gasteiger partial charge < -0.3 is 10.4 Å². The summed E-state index contributed by atoms with van der Waals surface area (Å²) in [5, 5.41) is 11.7. The molecule has 0 atom stereocenters. The number of rotatable bonds is 4. The van der Waals surface area contributed by atoms with E-state index >= 15 is 0 Å². The van der Waals surface area contributed by atoms with Gasteiger partial charge in [0.2, 0.25) is 5.95 Å². The van der Waals surface area contributed by atoms with Crippen molar-refractivity contribution in [3.8, 4) is 0 Å². The number of anilines is 1. The van der Waals surface area contributed by atoms with Crippen LogP contribution in [0.3, 0.4) is 0 Å². The van der Waals surface area contributed by atoms with E-state index in [0.29, 0.717) is 18.9 Å². The van der Waals surface area contributed by atoms with E-state index in [4.69, 9.17) is 5.11 Å². The minimum Gasteiger partial charge on any atom is -0.396 e. The predicted octanol–water partition coefficient (Wildman–Crippen LogP) is 1.57. The molecule has 0 radical (unpaired) electrons. The maximum Gasteiger partial charge on any atom is 0.222 e. The number of hydrogen-bond donors (Lipinski definition) is 2. The lowest BCUT2D eigenvalue weighted by Crippen LogP contribution is -2.13. The maximum atomic E-state index is 8.61. The molecule has 0 fully saturated rings. The second kappa shape index (κ2) is 5.07. The van der Waals surface area contributed by atoms with Gasteiger partial charge in [0, 0.05) is 25.5 Å². The molecule has 15 heavy (non-hydrogen) atoms. The minimum atomic E-state index is 0.0869. The van der Waals surface area contributed by atoms with Crippen LogP contribution in [0.4, 0.5) is 5.95 Å². The fourth-order valence-corrected chi connectivity index (χ4v) is 1.09. The zero-order chi connectivity index (χ0) is 11.3. The molecule has 1 aromatic heterocycles. The van der Waals surface area contributed by atoms with E-state index in [2.05, 4.69) is 36.1 Å². The molecule has 4 heteroatoms. The third kappa shape index (κ3) is 3.83. The lowest BCUT2D eigenvalue weighted by atomic mass is 9.89. The summed E-state index contributed by atoms with van der Waals surface area (Å²) >= 11 is 0. The zero-order valence-electron chi connectivity index (χ0n) is 9.62. The SMILES string of the molecule is CC(C)(C)c1cnc(NCCCO)nc1. The van der Waals surface area contributed by atoms with Crippen molar-refractivity contribution < 1.29 is 5.11 Å². The van der Waals surface area contributed by atoms with E-state index < -0.39 is 0 Å². The average Bonchev–Trinajstić information content (AvgIpc) is 2.18. The summed E-state index contributed by atoms with van der Waals surface area (Å²) < 4.78 is 0. The molecule has 0 aliphatic carbocycles. The van der Waals surface area contributed by atoms with Gasteiger partial charge in [0.05, 0.1) is 0 Å². The molecule has 84 valence electrons. The van der Waals surface area contributed by atoms with E-state index in [1.165, 1.54) is 0 Å². The highest BCUT2D eigenvalue weighted by molar-refractivity contribution is 5.26. The van der Waals surface area contributed by atoms with Crippen molar-refractivity contribution in [3.05, 3.63) is 18.0 Å². The molecule has 1 aromatic rings. The first-order chi connectivity index (χ1) is 7.04. The molecule has 0 saturated heterocycles. The minimum absolute atomic E-state index is 0.0869. The Hall–Kier alpha value is -1.16. The van der Waals surface area contributed by atoms with Crippen LogP contribution in [0.1, 0.15) is 32.8 Å². The van der Waals surface area contributed by atoms with Gasteiger partial charge in [0.15, 0.2) is 0 Å². The highest BCUT2D eigenvalue weighted by Gasteiger charge is 2.14. The van der Waals surface area contributed by atoms with Gasteiger partial charge >= 0.3 is 0 Å². The van der Waals surface area contributed by atoms with Crippen molar-refractivity contribution in [3.63, 3.8) is 0 Å². The van der Waals surface area contributed by atoms with Crippen LogP contribution in [0.5, 0.6) is 0 Å². The van der Waals surface area contributed by atoms with Gasteiger partial charge in [-0.2, -0.15) is 0 Å². The summed E-state index contributed by atoms with van der Waals surface area (Å²) in [5.41, 5.74) is 1.21. The van der Waals surface area contributed by atoms with Crippen LogP contribution in [-0.2, 0) is 5.41 Å². The number of nitrogens with one attached hydrogen (secondary N) is 1. The van der Waals surface area contributed by atoms with Gasteiger partial charge in [-0.3, -0.25) is 0 Å². The molecule has 0 aliphatic heterocycles. The van der Waals surface area contributed by atoms with Crippen LogP contribution in [0.2, 0.25) is 0 Å². The second-order valence-corrected chi connectivity index (χ2v) is 4.55. The summed E-state index contributed by atoms with van der Waals surface area (Å²) in [5.74, 6) is 0.622. The predicted molar refractivity (Wildman–Crippen MR) is 60.9 cm³/mol. The molecule has 2 N–H and O–H groups in total. The van der Waals surface area contributed by atoms with Gasteiger partial charge in [0.1, 0.15) is 0 Å². The largest absolute Gasteiger partial charge is 0.396 e. The van der Waals surface area contributed by atoms with Crippen molar-refractivity contribution in [2.24, 2.45) is 0 Å². The van der Waals surface area contributed by atoms with Crippen molar-refractivity contribution in [1.29, 1.82) is 0 Å². The van der Waals surface area contributed by atoms with Gasteiger partial charge in [-0.05, 0) is 17.4 Å². The highest BCUT2D eigenvalue weighted by Crippen LogP contribution is 2.20. The first kappa shape index (κ1) is 11.9. The quantitative estimate of drug-likeness (QED) is 0.739. The van der Waals surface area contributed by atoms with E-state index in [0.717, 1.165) is 5.56 Å². The summed E-state index contributed by atoms with van der Waals surface area (Å²) in [7, 11) is 0. The molecule has 0 bridgehead atoms. The van der Waals surface area contributed by atoms with Crippen LogP contribution in [0.25, 0.3) is 0 Å². The average molecular weight is 209 g/mol. The Bertz CT molecular complexity index is 290. The number of hydrogen-bond acceptors (Lipinski definition) is 4. The zero-order valence-corrected chi connectivity index (χ0v) is 9.62.